The second kappa shape index (κ2) is 42.8. The van der Waals surface area contributed by atoms with Crippen LogP contribution in [0.15, 0.2) is 0 Å². The van der Waals surface area contributed by atoms with E-state index in [4.69, 9.17) is 4.74 Å². The van der Waals surface area contributed by atoms with Gasteiger partial charge in [-0.2, -0.15) is 0 Å². The second-order valence-electron chi connectivity index (χ2n) is 20.8. The lowest BCUT2D eigenvalue weighted by Crippen LogP contribution is -1.99. The fourth-order valence-corrected chi connectivity index (χ4v) is 10.6. The number of ether oxygens (including phenoxy) is 1. The highest BCUT2D eigenvalue weighted by Crippen LogP contribution is 2.46. The van der Waals surface area contributed by atoms with E-state index in [1.807, 2.05) is 0 Å². The van der Waals surface area contributed by atoms with Gasteiger partial charge in [-0.1, -0.05) is 302 Å². The van der Waals surface area contributed by atoms with Crippen molar-refractivity contribution in [3.63, 3.8) is 0 Å². The minimum atomic E-state index is -0.0561. The fourth-order valence-electron chi connectivity index (χ4n) is 10.6. The van der Waals surface area contributed by atoms with Crippen LogP contribution in [0.3, 0.4) is 0 Å². The first-order valence-corrected chi connectivity index (χ1v) is 28.3. The lowest BCUT2D eigenvalue weighted by atomic mass is 10.0. The van der Waals surface area contributed by atoms with Gasteiger partial charge in [0, 0.05) is 6.42 Å². The van der Waals surface area contributed by atoms with E-state index >= 15 is 0 Å². The van der Waals surface area contributed by atoms with Gasteiger partial charge in [-0.25, -0.2) is 0 Å². The highest BCUT2D eigenvalue weighted by molar-refractivity contribution is 5.68. The molecule has 2 nitrogen and oxygen atoms in total. The summed E-state index contributed by atoms with van der Waals surface area (Å²) in [6.07, 6.45) is 72.5. The third-order valence-electron chi connectivity index (χ3n) is 15.1. The van der Waals surface area contributed by atoms with E-state index in [-0.39, 0.29) is 5.97 Å². The van der Waals surface area contributed by atoms with Crippen LogP contribution >= 0.6 is 0 Å². The Balaban J connectivity index is 1.15. The molecule has 2 heteroatoms. The smallest absolute Gasteiger partial charge is 0.305 e. The summed E-state index contributed by atoms with van der Waals surface area (Å²) in [6, 6.07) is 0. The molecule has 0 aromatic heterocycles. The molecule has 0 amide bonds. The molecular formula is C57H110O2. The highest BCUT2D eigenvalue weighted by atomic mass is 16.5. The first-order valence-electron chi connectivity index (χ1n) is 28.3. The Bertz CT molecular complexity index is 852. The number of unbranched alkanes of at least 4 members (excludes halogenated alkanes) is 40. The van der Waals surface area contributed by atoms with Crippen LogP contribution in [-0.4, -0.2) is 13.1 Å². The van der Waals surface area contributed by atoms with Crippen LogP contribution in [0.5, 0.6) is 0 Å². The molecule has 2 aliphatic carbocycles. The Morgan fingerprint density at radius 3 is 0.695 bits per heavy atom. The molecule has 4 atom stereocenters. The van der Waals surface area contributed by atoms with E-state index < -0.39 is 0 Å². The summed E-state index contributed by atoms with van der Waals surface area (Å²) in [5.74, 6) is 4.41. The zero-order valence-electron chi connectivity index (χ0n) is 41.0. The van der Waals surface area contributed by atoms with Crippen molar-refractivity contribution in [2.45, 2.75) is 328 Å². The minimum Gasteiger partial charge on any atom is -0.469 e. The van der Waals surface area contributed by atoms with Crippen molar-refractivity contribution in [1.29, 1.82) is 0 Å². The predicted octanol–water partition coefficient (Wildman–Crippen LogP) is 20.2. The predicted molar refractivity (Wildman–Crippen MR) is 262 cm³/mol. The first-order chi connectivity index (χ1) is 29.2. The molecule has 0 saturated heterocycles. The number of rotatable bonds is 50. The molecule has 0 radical (unpaired) electrons. The van der Waals surface area contributed by atoms with Gasteiger partial charge in [0.2, 0.25) is 0 Å². The fraction of sp³-hybridized carbons (Fsp3) is 0.982. The Morgan fingerprint density at radius 2 is 0.492 bits per heavy atom. The number of carbonyl (C=O) groups is 1. The lowest BCUT2D eigenvalue weighted by Gasteiger charge is -2.05. The highest BCUT2D eigenvalue weighted by Gasteiger charge is 2.35. The largest absolute Gasteiger partial charge is 0.469 e. The Labute approximate surface area is 372 Å². The van der Waals surface area contributed by atoms with Crippen molar-refractivity contribution < 1.29 is 9.53 Å². The van der Waals surface area contributed by atoms with Crippen LogP contribution in [0.1, 0.15) is 328 Å². The average Bonchev–Trinajstić information content (AvgIpc) is 4.18. The molecule has 350 valence electrons. The zero-order chi connectivity index (χ0) is 41.9. The summed E-state index contributed by atoms with van der Waals surface area (Å²) in [5, 5.41) is 0. The standard InChI is InChI=1S/C57H110O2/c1-3-4-5-6-7-8-9-10-11-13-16-21-26-31-36-41-46-53-51-55(53)48-43-38-33-28-23-19-20-24-29-34-39-44-49-56-52-54(56)47-42-37-32-27-22-17-14-12-15-18-25-30-35-40-45-50-57(58)59-2/h53-56H,3-52H2,1-2H3. The minimum absolute atomic E-state index is 0.0561. The van der Waals surface area contributed by atoms with Gasteiger partial charge in [-0.05, 0) is 42.9 Å². The molecule has 4 unspecified atom stereocenters. The molecule has 2 fully saturated rings. The number of hydrogen-bond donors (Lipinski definition) is 0. The Morgan fingerprint density at radius 1 is 0.305 bits per heavy atom. The Hall–Kier alpha value is -0.530. The third-order valence-corrected chi connectivity index (χ3v) is 15.1. The van der Waals surface area contributed by atoms with Crippen LogP contribution in [0.4, 0.5) is 0 Å². The van der Waals surface area contributed by atoms with Gasteiger partial charge in [0.05, 0.1) is 7.11 Å². The van der Waals surface area contributed by atoms with Crippen LogP contribution in [0, 0.1) is 23.7 Å². The van der Waals surface area contributed by atoms with Crippen molar-refractivity contribution in [2.75, 3.05) is 7.11 Å². The van der Waals surface area contributed by atoms with Gasteiger partial charge in [-0.3, -0.25) is 4.79 Å². The van der Waals surface area contributed by atoms with E-state index in [0.717, 1.165) is 30.1 Å². The van der Waals surface area contributed by atoms with Crippen molar-refractivity contribution in [3.05, 3.63) is 0 Å². The van der Waals surface area contributed by atoms with Crippen LogP contribution < -0.4 is 0 Å². The van der Waals surface area contributed by atoms with E-state index in [9.17, 15) is 4.79 Å². The SMILES string of the molecule is CCCCCCCCCCCCCCCCCCC1CC1CCCCCCCCCCCCCCC1CC1CCCCCCCCCCCCCCCCCC(=O)OC. The number of esters is 1. The van der Waals surface area contributed by atoms with Gasteiger partial charge in [0.1, 0.15) is 0 Å². The molecule has 0 bridgehead atoms. The van der Waals surface area contributed by atoms with Gasteiger partial charge >= 0.3 is 5.97 Å². The molecule has 2 rings (SSSR count). The van der Waals surface area contributed by atoms with Crippen molar-refractivity contribution in [3.8, 4) is 0 Å². The maximum atomic E-state index is 11.1. The zero-order valence-corrected chi connectivity index (χ0v) is 41.0. The summed E-state index contributed by atoms with van der Waals surface area (Å²) in [4.78, 5) is 11.1. The summed E-state index contributed by atoms with van der Waals surface area (Å²) < 4.78 is 4.71. The van der Waals surface area contributed by atoms with Gasteiger partial charge < -0.3 is 4.74 Å². The van der Waals surface area contributed by atoms with Gasteiger partial charge in [0.25, 0.3) is 0 Å². The molecule has 2 saturated carbocycles. The normalized spacial score (nSPS) is 18.5. The molecular weight excluding hydrogens is 717 g/mol. The van der Waals surface area contributed by atoms with E-state index in [1.165, 1.54) is 283 Å². The first kappa shape index (κ1) is 54.6. The number of carbonyl (C=O) groups excluding carboxylic acids is 1. The molecule has 2 aliphatic rings. The maximum Gasteiger partial charge on any atom is 0.305 e. The lowest BCUT2D eigenvalue weighted by molar-refractivity contribution is -0.140. The molecule has 0 aliphatic heterocycles. The van der Waals surface area contributed by atoms with Crippen LogP contribution in [0.2, 0.25) is 0 Å². The topological polar surface area (TPSA) is 26.3 Å². The van der Waals surface area contributed by atoms with Gasteiger partial charge in [-0.15, -0.1) is 0 Å². The van der Waals surface area contributed by atoms with Crippen LogP contribution in [-0.2, 0) is 9.53 Å². The third kappa shape index (κ3) is 37.7. The van der Waals surface area contributed by atoms with E-state index in [1.54, 1.807) is 32.1 Å². The quantitative estimate of drug-likeness (QED) is 0.0451. The molecule has 59 heavy (non-hydrogen) atoms. The second-order valence-corrected chi connectivity index (χ2v) is 20.8. The summed E-state index contributed by atoms with van der Waals surface area (Å²) in [5.41, 5.74) is 0. The van der Waals surface area contributed by atoms with Crippen LogP contribution in [0.25, 0.3) is 0 Å². The maximum absolute atomic E-state index is 11.1. The molecule has 0 aromatic carbocycles. The van der Waals surface area contributed by atoms with Crippen molar-refractivity contribution in [2.24, 2.45) is 23.7 Å². The summed E-state index contributed by atoms with van der Waals surface area (Å²) in [7, 11) is 1.48. The van der Waals surface area contributed by atoms with Crippen molar-refractivity contribution >= 4 is 5.97 Å². The van der Waals surface area contributed by atoms with Crippen molar-refractivity contribution in [1.82, 2.24) is 0 Å². The van der Waals surface area contributed by atoms with E-state index in [0.29, 0.717) is 6.42 Å². The summed E-state index contributed by atoms with van der Waals surface area (Å²) in [6.45, 7) is 2.31. The molecule has 0 heterocycles. The monoisotopic (exact) mass is 827 g/mol. The molecule has 0 aromatic rings. The number of hydrogen-bond acceptors (Lipinski definition) is 2. The molecule has 0 N–H and O–H groups in total. The Kier molecular flexibility index (Phi) is 39.6. The average molecular weight is 828 g/mol. The van der Waals surface area contributed by atoms with E-state index in [2.05, 4.69) is 6.92 Å². The van der Waals surface area contributed by atoms with Gasteiger partial charge in [0.15, 0.2) is 0 Å². The summed E-state index contributed by atoms with van der Waals surface area (Å²) >= 11 is 0. The number of methoxy groups -OCH3 is 1. The molecule has 0 spiro atoms.